The zero-order valence-electron chi connectivity index (χ0n) is 14.0. The van der Waals surface area contributed by atoms with Gasteiger partial charge in [-0.2, -0.15) is 0 Å². The molecule has 0 atom stereocenters. The summed E-state index contributed by atoms with van der Waals surface area (Å²) in [6.45, 7) is 0.379. The molecular formula is C17H20ClNO5S2. The average molecular weight is 418 g/mol. The van der Waals surface area contributed by atoms with Crippen LogP contribution >= 0.6 is 11.6 Å². The van der Waals surface area contributed by atoms with E-state index in [4.69, 9.17) is 16.0 Å². The molecule has 2 heterocycles. The lowest BCUT2D eigenvalue weighted by Crippen LogP contribution is -2.43. The third-order valence-electron chi connectivity index (χ3n) is 4.52. The van der Waals surface area contributed by atoms with Crippen molar-refractivity contribution in [1.82, 2.24) is 4.31 Å². The molecule has 0 radical (unpaired) electrons. The Morgan fingerprint density at radius 1 is 1.00 bits per heavy atom. The first-order valence-electron chi connectivity index (χ1n) is 8.23. The largest absolute Gasteiger partial charge is 0.468 e. The maximum Gasteiger partial charge on any atom is 0.218 e. The molecule has 0 unspecified atom stereocenters. The second-order valence-corrected chi connectivity index (χ2v) is 11.0. The lowest BCUT2D eigenvalue weighted by molar-refractivity contribution is 0.344. The Bertz CT molecular complexity index is 947. The molecule has 26 heavy (non-hydrogen) atoms. The van der Waals surface area contributed by atoms with Crippen LogP contribution in [0.15, 0.2) is 47.1 Å². The number of hydrogen-bond donors (Lipinski definition) is 0. The lowest BCUT2D eigenvalue weighted by atomic mass is 10.2. The van der Waals surface area contributed by atoms with E-state index in [1.54, 1.807) is 36.4 Å². The van der Waals surface area contributed by atoms with Gasteiger partial charge in [-0.25, -0.2) is 21.1 Å². The number of rotatable bonds is 6. The van der Waals surface area contributed by atoms with E-state index in [2.05, 4.69) is 0 Å². The van der Waals surface area contributed by atoms with Gasteiger partial charge >= 0.3 is 0 Å². The van der Waals surface area contributed by atoms with Crippen LogP contribution in [0.1, 0.15) is 24.2 Å². The van der Waals surface area contributed by atoms with Crippen LogP contribution in [0.2, 0.25) is 5.02 Å². The van der Waals surface area contributed by atoms with E-state index >= 15 is 0 Å². The molecule has 1 aliphatic rings. The SMILES string of the molecule is O=S(=O)(Cc1ccco1)C1CCN(S(=O)(=O)Cc2ccccc2Cl)CC1. The number of benzene rings is 1. The predicted octanol–water partition coefficient (Wildman–Crippen LogP) is 2.84. The van der Waals surface area contributed by atoms with Gasteiger partial charge in [0.25, 0.3) is 0 Å². The lowest BCUT2D eigenvalue weighted by Gasteiger charge is -2.31. The van der Waals surface area contributed by atoms with Crippen LogP contribution in [0.5, 0.6) is 0 Å². The van der Waals surface area contributed by atoms with Gasteiger partial charge in [-0.15, -0.1) is 0 Å². The minimum absolute atomic E-state index is 0.156. The highest BCUT2D eigenvalue weighted by atomic mass is 35.5. The molecule has 0 aliphatic carbocycles. The fraction of sp³-hybridized carbons (Fsp3) is 0.412. The van der Waals surface area contributed by atoms with Crippen molar-refractivity contribution in [2.24, 2.45) is 0 Å². The summed E-state index contributed by atoms with van der Waals surface area (Å²) in [4.78, 5) is 0. The smallest absolute Gasteiger partial charge is 0.218 e. The summed E-state index contributed by atoms with van der Waals surface area (Å²) >= 11 is 6.05. The van der Waals surface area contributed by atoms with E-state index < -0.39 is 25.1 Å². The maximum atomic E-state index is 12.6. The van der Waals surface area contributed by atoms with Crippen molar-refractivity contribution in [1.29, 1.82) is 0 Å². The van der Waals surface area contributed by atoms with Crippen LogP contribution in [0.25, 0.3) is 0 Å². The Balaban J connectivity index is 1.63. The first kappa shape index (κ1) is 19.4. The molecule has 142 valence electrons. The molecule has 1 fully saturated rings. The number of nitrogens with zero attached hydrogens (tertiary/aromatic N) is 1. The molecule has 1 aliphatic heterocycles. The summed E-state index contributed by atoms with van der Waals surface area (Å²) in [6, 6.07) is 10.1. The van der Waals surface area contributed by atoms with E-state index in [1.165, 1.54) is 10.6 Å². The standard InChI is InChI=1S/C17H20ClNO5S2/c18-17-6-2-1-4-14(17)12-26(22,23)19-9-7-16(8-10-19)25(20,21)13-15-5-3-11-24-15/h1-6,11,16H,7-10,12-13H2. The molecule has 9 heteroatoms. The number of furan rings is 1. The number of sulfonamides is 1. The number of hydrogen-bond acceptors (Lipinski definition) is 5. The highest BCUT2D eigenvalue weighted by molar-refractivity contribution is 7.91. The van der Waals surface area contributed by atoms with Gasteiger partial charge in [0.15, 0.2) is 9.84 Å². The van der Waals surface area contributed by atoms with Crippen molar-refractivity contribution in [3.63, 3.8) is 0 Å². The summed E-state index contributed by atoms with van der Waals surface area (Å²) in [7, 11) is -6.92. The van der Waals surface area contributed by atoms with E-state index in [0.717, 1.165) is 0 Å². The highest BCUT2D eigenvalue weighted by Crippen LogP contribution is 2.26. The Hall–Kier alpha value is -1.35. The highest BCUT2D eigenvalue weighted by Gasteiger charge is 2.34. The molecule has 0 saturated carbocycles. The Kier molecular flexibility index (Phi) is 5.76. The third-order valence-corrected chi connectivity index (χ3v) is 8.89. The fourth-order valence-electron chi connectivity index (χ4n) is 3.08. The molecule has 1 saturated heterocycles. The predicted molar refractivity (Wildman–Crippen MR) is 100 cm³/mol. The van der Waals surface area contributed by atoms with Crippen LogP contribution < -0.4 is 0 Å². The minimum Gasteiger partial charge on any atom is -0.468 e. The van der Waals surface area contributed by atoms with Gasteiger partial charge < -0.3 is 4.42 Å². The number of sulfone groups is 1. The van der Waals surface area contributed by atoms with Crippen LogP contribution in [-0.2, 0) is 31.4 Å². The maximum absolute atomic E-state index is 12.6. The molecule has 2 aromatic rings. The molecular weight excluding hydrogens is 398 g/mol. The summed E-state index contributed by atoms with van der Waals surface area (Å²) < 4.78 is 56.7. The summed E-state index contributed by atoms with van der Waals surface area (Å²) in [5, 5.41) is -0.147. The molecule has 1 aromatic heterocycles. The first-order valence-corrected chi connectivity index (χ1v) is 11.9. The average Bonchev–Trinajstić information content (AvgIpc) is 3.09. The van der Waals surface area contributed by atoms with E-state index in [0.29, 0.717) is 16.3 Å². The first-order chi connectivity index (χ1) is 12.3. The molecule has 0 bridgehead atoms. The van der Waals surface area contributed by atoms with Crippen LogP contribution in [0.3, 0.4) is 0 Å². The summed E-state index contributed by atoms with van der Waals surface area (Å²) in [6.07, 6.45) is 2.00. The van der Waals surface area contributed by atoms with Gasteiger partial charge in [0, 0.05) is 18.1 Å². The van der Waals surface area contributed by atoms with Crippen LogP contribution in [0, 0.1) is 0 Å². The molecule has 0 spiro atoms. The monoisotopic (exact) mass is 417 g/mol. The molecule has 3 rings (SSSR count). The zero-order valence-corrected chi connectivity index (χ0v) is 16.4. The summed E-state index contributed by atoms with van der Waals surface area (Å²) in [5.41, 5.74) is 0.543. The topological polar surface area (TPSA) is 84.7 Å². The van der Waals surface area contributed by atoms with E-state index in [1.807, 2.05) is 0 Å². The molecule has 0 amide bonds. The zero-order chi connectivity index (χ0) is 18.8. The van der Waals surface area contributed by atoms with Crippen molar-refractivity contribution in [2.75, 3.05) is 13.1 Å². The molecule has 0 N–H and O–H groups in total. The van der Waals surface area contributed by atoms with Gasteiger partial charge in [0.05, 0.1) is 17.3 Å². The fourth-order valence-corrected chi connectivity index (χ4v) is 6.69. The van der Waals surface area contributed by atoms with E-state index in [9.17, 15) is 16.8 Å². The van der Waals surface area contributed by atoms with Gasteiger partial charge in [-0.1, -0.05) is 29.8 Å². The Morgan fingerprint density at radius 2 is 1.69 bits per heavy atom. The van der Waals surface area contributed by atoms with Crippen molar-refractivity contribution >= 4 is 31.5 Å². The van der Waals surface area contributed by atoms with Crippen molar-refractivity contribution in [2.45, 2.75) is 29.6 Å². The van der Waals surface area contributed by atoms with Crippen LogP contribution in [0.4, 0.5) is 0 Å². The molecule has 1 aromatic carbocycles. The number of piperidine rings is 1. The second-order valence-electron chi connectivity index (χ2n) is 6.33. The Morgan fingerprint density at radius 3 is 2.31 bits per heavy atom. The van der Waals surface area contributed by atoms with Gasteiger partial charge in [0.1, 0.15) is 11.5 Å². The normalized spacial score (nSPS) is 17.4. The van der Waals surface area contributed by atoms with Crippen LogP contribution in [-0.4, -0.2) is 39.5 Å². The van der Waals surface area contributed by atoms with Gasteiger partial charge in [0.2, 0.25) is 10.0 Å². The number of halogens is 1. The van der Waals surface area contributed by atoms with Crippen molar-refractivity contribution in [3.05, 3.63) is 59.0 Å². The van der Waals surface area contributed by atoms with E-state index in [-0.39, 0.29) is 37.4 Å². The Labute approximate surface area is 158 Å². The summed E-state index contributed by atoms with van der Waals surface area (Å²) in [5.74, 6) is 0.0619. The second kappa shape index (κ2) is 7.72. The van der Waals surface area contributed by atoms with Crippen molar-refractivity contribution in [3.8, 4) is 0 Å². The quantitative estimate of drug-likeness (QED) is 0.721. The minimum atomic E-state index is -3.54. The van der Waals surface area contributed by atoms with Crippen molar-refractivity contribution < 1.29 is 21.3 Å². The molecule has 6 nitrogen and oxygen atoms in total. The van der Waals surface area contributed by atoms with Gasteiger partial charge in [-0.05, 0) is 36.6 Å². The third kappa shape index (κ3) is 4.49. The van der Waals surface area contributed by atoms with Gasteiger partial charge in [-0.3, -0.25) is 0 Å².